The molecule has 3 aromatic rings. The lowest BCUT2D eigenvalue weighted by atomic mass is 10.1. The number of rotatable bonds is 4. The molecule has 3 rings (SSSR count). The van der Waals surface area contributed by atoms with Crippen LogP contribution in [0.3, 0.4) is 0 Å². The van der Waals surface area contributed by atoms with E-state index in [0.29, 0.717) is 11.3 Å². The van der Waals surface area contributed by atoms with Crippen LogP contribution < -0.4 is 10.3 Å². The maximum Gasteiger partial charge on any atom is 0.314 e. The van der Waals surface area contributed by atoms with E-state index in [1.807, 2.05) is 30.5 Å². The molecule has 0 aliphatic rings. The van der Waals surface area contributed by atoms with Crippen LogP contribution in [-0.2, 0) is 0 Å². The number of hydrogen-bond donors (Lipinski definition) is 0. The van der Waals surface area contributed by atoms with Gasteiger partial charge in [-0.3, -0.25) is 4.79 Å². The van der Waals surface area contributed by atoms with Gasteiger partial charge >= 0.3 is 5.56 Å². The Balaban J connectivity index is 2.12. The fourth-order valence-corrected chi connectivity index (χ4v) is 3.00. The first-order chi connectivity index (χ1) is 12.0. The van der Waals surface area contributed by atoms with E-state index in [4.69, 9.17) is 16.3 Å². The minimum atomic E-state index is -0.559. The summed E-state index contributed by atoms with van der Waals surface area (Å²) in [5.74, 6) is -0.400. The number of hydrogen-bond acceptors (Lipinski definition) is 4. The minimum Gasteiger partial charge on any atom is -0.491 e. The number of nitrogens with zero attached hydrogens (tertiary/aromatic N) is 2. The molecule has 128 valence electrons. The standard InChI is InChI=1S/C18H14ClFN2O2S/c1-24-17-14(11-3-6-13(25-2)7-4-11)10-21-22(18(17)23)12-5-8-16(20)15(19)9-12/h3-10H,1-2H3. The largest absolute Gasteiger partial charge is 0.491 e. The lowest BCUT2D eigenvalue weighted by Gasteiger charge is -2.12. The molecule has 0 bridgehead atoms. The van der Waals surface area contributed by atoms with Crippen molar-refractivity contribution in [2.45, 2.75) is 4.90 Å². The summed E-state index contributed by atoms with van der Waals surface area (Å²) < 4.78 is 19.8. The van der Waals surface area contributed by atoms with Gasteiger partial charge in [-0.25, -0.2) is 4.39 Å². The van der Waals surface area contributed by atoms with Gasteiger partial charge in [0.2, 0.25) is 0 Å². The first kappa shape index (κ1) is 17.5. The van der Waals surface area contributed by atoms with Gasteiger partial charge in [-0.05, 0) is 42.2 Å². The summed E-state index contributed by atoms with van der Waals surface area (Å²) in [6.45, 7) is 0. The highest BCUT2D eigenvalue weighted by atomic mass is 35.5. The van der Waals surface area contributed by atoms with E-state index in [2.05, 4.69) is 5.10 Å². The Labute approximate surface area is 153 Å². The Morgan fingerprint density at radius 2 is 1.92 bits per heavy atom. The molecule has 7 heteroatoms. The van der Waals surface area contributed by atoms with Gasteiger partial charge < -0.3 is 4.74 Å². The van der Waals surface area contributed by atoms with Crippen molar-refractivity contribution in [2.24, 2.45) is 0 Å². The third kappa shape index (κ3) is 3.41. The maximum atomic E-state index is 13.3. The Hall–Kier alpha value is -2.31. The summed E-state index contributed by atoms with van der Waals surface area (Å²) in [6.07, 6.45) is 3.54. The lowest BCUT2D eigenvalue weighted by molar-refractivity contribution is 0.405. The molecule has 0 radical (unpaired) electrons. The van der Waals surface area contributed by atoms with Gasteiger partial charge in [0, 0.05) is 10.5 Å². The summed E-state index contributed by atoms with van der Waals surface area (Å²) in [5.41, 5.74) is 1.32. The predicted octanol–water partition coefficient (Wildman–Crippen LogP) is 4.42. The molecule has 2 aromatic carbocycles. The third-order valence-electron chi connectivity index (χ3n) is 3.69. The number of halogens is 2. The number of methoxy groups -OCH3 is 1. The first-order valence-electron chi connectivity index (χ1n) is 7.31. The van der Waals surface area contributed by atoms with Crippen LogP contribution in [0, 0.1) is 5.82 Å². The van der Waals surface area contributed by atoms with Crippen LogP contribution in [0.1, 0.15) is 0 Å². The second kappa shape index (κ2) is 7.29. The SMILES string of the molecule is COc1c(-c2ccc(SC)cc2)cnn(-c2ccc(F)c(Cl)c2)c1=O. The molecule has 0 saturated heterocycles. The van der Waals surface area contributed by atoms with Crippen LogP contribution in [0.2, 0.25) is 5.02 Å². The minimum absolute atomic E-state index is 0.0816. The fraction of sp³-hybridized carbons (Fsp3) is 0.111. The third-order valence-corrected chi connectivity index (χ3v) is 4.72. The second-order valence-electron chi connectivity index (χ2n) is 5.14. The van der Waals surface area contributed by atoms with Gasteiger partial charge in [0.05, 0.1) is 24.0 Å². The summed E-state index contributed by atoms with van der Waals surface area (Å²) in [7, 11) is 1.43. The van der Waals surface area contributed by atoms with Crippen molar-refractivity contribution in [3.8, 4) is 22.6 Å². The lowest BCUT2D eigenvalue weighted by Crippen LogP contribution is -2.23. The van der Waals surface area contributed by atoms with Crippen molar-refractivity contribution in [1.82, 2.24) is 9.78 Å². The quantitative estimate of drug-likeness (QED) is 0.632. The molecule has 25 heavy (non-hydrogen) atoms. The summed E-state index contributed by atoms with van der Waals surface area (Å²) in [6, 6.07) is 11.7. The van der Waals surface area contributed by atoms with Crippen LogP contribution >= 0.6 is 23.4 Å². The number of benzene rings is 2. The van der Waals surface area contributed by atoms with E-state index in [1.165, 1.54) is 25.3 Å². The van der Waals surface area contributed by atoms with Crippen LogP contribution in [0.5, 0.6) is 5.75 Å². The molecule has 0 aliphatic heterocycles. The molecular formula is C18H14ClFN2O2S. The maximum absolute atomic E-state index is 13.3. The van der Waals surface area contributed by atoms with Crippen LogP contribution in [0.4, 0.5) is 4.39 Å². The van der Waals surface area contributed by atoms with Crippen molar-refractivity contribution in [1.29, 1.82) is 0 Å². The van der Waals surface area contributed by atoms with Crippen LogP contribution in [-0.4, -0.2) is 23.1 Å². The average molecular weight is 377 g/mol. The Bertz CT molecular complexity index is 974. The average Bonchev–Trinajstić information content (AvgIpc) is 2.64. The molecule has 0 spiro atoms. The molecule has 1 aromatic heterocycles. The molecule has 0 unspecified atom stereocenters. The van der Waals surface area contributed by atoms with E-state index in [-0.39, 0.29) is 10.8 Å². The van der Waals surface area contributed by atoms with Gasteiger partial charge in [-0.1, -0.05) is 23.7 Å². The van der Waals surface area contributed by atoms with Crippen LogP contribution in [0.25, 0.3) is 16.8 Å². The zero-order valence-corrected chi connectivity index (χ0v) is 15.1. The van der Waals surface area contributed by atoms with Crippen molar-refractivity contribution >= 4 is 23.4 Å². The van der Waals surface area contributed by atoms with E-state index in [9.17, 15) is 9.18 Å². The van der Waals surface area contributed by atoms with Crippen molar-refractivity contribution in [3.05, 3.63) is 69.9 Å². The number of aromatic nitrogens is 2. The molecule has 0 N–H and O–H groups in total. The van der Waals surface area contributed by atoms with Gasteiger partial charge in [0.25, 0.3) is 0 Å². The van der Waals surface area contributed by atoms with Crippen molar-refractivity contribution in [3.63, 3.8) is 0 Å². The van der Waals surface area contributed by atoms with Crippen molar-refractivity contribution in [2.75, 3.05) is 13.4 Å². The molecule has 0 saturated carbocycles. The molecule has 1 heterocycles. The van der Waals surface area contributed by atoms with E-state index >= 15 is 0 Å². The Morgan fingerprint density at radius 1 is 1.20 bits per heavy atom. The Morgan fingerprint density at radius 3 is 2.52 bits per heavy atom. The Kier molecular flexibility index (Phi) is 5.11. The number of ether oxygens (including phenoxy) is 1. The smallest absolute Gasteiger partial charge is 0.314 e. The van der Waals surface area contributed by atoms with Crippen LogP contribution in [0.15, 0.2) is 58.4 Å². The summed E-state index contributed by atoms with van der Waals surface area (Å²) in [5, 5.41) is 4.10. The summed E-state index contributed by atoms with van der Waals surface area (Å²) >= 11 is 7.43. The fourth-order valence-electron chi connectivity index (χ4n) is 2.41. The molecule has 0 fully saturated rings. The molecule has 0 atom stereocenters. The van der Waals surface area contributed by atoms with Gasteiger partial charge in [-0.15, -0.1) is 11.8 Å². The predicted molar refractivity (Wildman–Crippen MR) is 98.6 cm³/mol. The zero-order chi connectivity index (χ0) is 18.0. The highest BCUT2D eigenvalue weighted by Crippen LogP contribution is 2.28. The molecule has 0 aliphatic carbocycles. The molecule has 4 nitrogen and oxygen atoms in total. The van der Waals surface area contributed by atoms with Gasteiger partial charge in [0.15, 0.2) is 5.75 Å². The second-order valence-corrected chi connectivity index (χ2v) is 6.42. The molecular weight excluding hydrogens is 363 g/mol. The highest BCUT2D eigenvalue weighted by Gasteiger charge is 2.15. The van der Waals surface area contributed by atoms with E-state index < -0.39 is 11.4 Å². The monoisotopic (exact) mass is 376 g/mol. The van der Waals surface area contributed by atoms with E-state index in [1.54, 1.807) is 18.0 Å². The normalized spacial score (nSPS) is 10.7. The topological polar surface area (TPSA) is 44.1 Å². The molecule has 0 amide bonds. The highest BCUT2D eigenvalue weighted by molar-refractivity contribution is 7.98. The first-order valence-corrected chi connectivity index (χ1v) is 8.91. The summed E-state index contributed by atoms with van der Waals surface area (Å²) in [4.78, 5) is 13.9. The van der Waals surface area contributed by atoms with E-state index in [0.717, 1.165) is 15.1 Å². The van der Waals surface area contributed by atoms with Gasteiger partial charge in [-0.2, -0.15) is 9.78 Å². The van der Waals surface area contributed by atoms with Crippen molar-refractivity contribution < 1.29 is 9.13 Å². The zero-order valence-electron chi connectivity index (χ0n) is 13.5. The van der Waals surface area contributed by atoms with Gasteiger partial charge in [0.1, 0.15) is 5.82 Å². The number of thioether (sulfide) groups is 1.